The summed E-state index contributed by atoms with van der Waals surface area (Å²) in [6, 6.07) is 5.15. The SMILES string of the molecule is COc1ccc(C(=O)N2CCN(C)CC2)cc1Cl. The number of hydrogen-bond donors (Lipinski definition) is 0. The minimum absolute atomic E-state index is 0.0349. The first-order chi connectivity index (χ1) is 8.61. The van der Waals surface area contributed by atoms with Crippen LogP contribution >= 0.6 is 11.6 Å². The highest BCUT2D eigenvalue weighted by atomic mass is 35.5. The summed E-state index contributed by atoms with van der Waals surface area (Å²) in [5, 5.41) is 0.470. The van der Waals surface area contributed by atoms with Gasteiger partial charge < -0.3 is 14.5 Å². The van der Waals surface area contributed by atoms with Gasteiger partial charge >= 0.3 is 0 Å². The maximum Gasteiger partial charge on any atom is 0.253 e. The third-order valence-electron chi connectivity index (χ3n) is 3.19. The molecule has 1 fully saturated rings. The third kappa shape index (κ3) is 2.76. The van der Waals surface area contributed by atoms with Crippen LogP contribution in [0.2, 0.25) is 5.02 Å². The largest absolute Gasteiger partial charge is 0.495 e. The molecule has 1 aromatic carbocycles. The topological polar surface area (TPSA) is 32.8 Å². The molecule has 0 unspecified atom stereocenters. The zero-order chi connectivity index (χ0) is 13.1. The van der Waals surface area contributed by atoms with Gasteiger partial charge in [0.2, 0.25) is 0 Å². The average Bonchev–Trinajstić information content (AvgIpc) is 2.38. The van der Waals surface area contributed by atoms with E-state index < -0.39 is 0 Å². The monoisotopic (exact) mass is 268 g/mol. The van der Waals surface area contributed by atoms with E-state index in [9.17, 15) is 4.79 Å². The van der Waals surface area contributed by atoms with E-state index in [4.69, 9.17) is 16.3 Å². The Morgan fingerprint density at radius 1 is 1.28 bits per heavy atom. The number of hydrogen-bond acceptors (Lipinski definition) is 3. The highest BCUT2D eigenvalue weighted by Gasteiger charge is 2.20. The van der Waals surface area contributed by atoms with E-state index in [2.05, 4.69) is 11.9 Å². The van der Waals surface area contributed by atoms with Gasteiger partial charge in [0.05, 0.1) is 12.1 Å². The van der Waals surface area contributed by atoms with E-state index in [1.807, 2.05) is 4.90 Å². The van der Waals surface area contributed by atoms with Gasteiger partial charge in [-0.2, -0.15) is 0 Å². The smallest absolute Gasteiger partial charge is 0.253 e. The molecule has 98 valence electrons. The van der Waals surface area contributed by atoms with Crippen molar-refractivity contribution in [1.82, 2.24) is 9.80 Å². The Kier molecular flexibility index (Phi) is 4.09. The van der Waals surface area contributed by atoms with E-state index >= 15 is 0 Å². The Bertz CT molecular complexity index is 443. The molecule has 0 N–H and O–H groups in total. The van der Waals surface area contributed by atoms with Crippen molar-refractivity contribution in [3.05, 3.63) is 28.8 Å². The number of rotatable bonds is 2. The summed E-state index contributed by atoms with van der Waals surface area (Å²) in [6.07, 6.45) is 0. The van der Waals surface area contributed by atoms with Crippen LogP contribution in [-0.4, -0.2) is 56.0 Å². The number of carbonyl (C=O) groups excluding carboxylic acids is 1. The first-order valence-electron chi connectivity index (χ1n) is 5.93. The first-order valence-corrected chi connectivity index (χ1v) is 6.31. The molecule has 1 aliphatic heterocycles. The van der Waals surface area contributed by atoms with E-state index in [1.54, 1.807) is 25.3 Å². The molecule has 5 heteroatoms. The van der Waals surface area contributed by atoms with Gasteiger partial charge in [0.1, 0.15) is 5.75 Å². The molecule has 1 aliphatic rings. The Balaban J connectivity index is 2.11. The first kappa shape index (κ1) is 13.2. The number of carbonyl (C=O) groups is 1. The Labute approximate surface area is 112 Å². The summed E-state index contributed by atoms with van der Waals surface area (Å²) in [7, 11) is 3.62. The lowest BCUT2D eigenvalue weighted by Gasteiger charge is -2.32. The molecule has 4 nitrogen and oxygen atoms in total. The molecule has 0 aromatic heterocycles. The maximum absolute atomic E-state index is 12.3. The minimum Gasteiger partial charge on any atom is -0.495 e. The van der Waals surface area contributed by atoms with Crippen molar-refractivity contribution in [3.63, 3.8) is 0 Å². The summed E-state index contributed by atoms with van der Waals surface area (Å²) in [4.78, 5) is 16.3. The molecule has 0 saturated carbocycles. The van der Waals surface area contributed by atoms with Gasteiger partial charge in [0, 0.05) is 31.7 Å². The average molecular weight is 269 g/mol. The molecule has 0 aliphatic carbocycles. The van der Waals surface area contributed by atoms with Crippen molar-refractivity contribution >= 4 is 17.5 Å². The summed E-state index contributed by atoms with van der Waals surface area (Å²) in [6.45, 7) is 3.35. The second-order valence-corrected chi connectivity index (χ2v) is 4.85. The Hall–Kier alpha value is -1.26. The highest BCUT2D eigenvalue weighted by molar-refractivity contribution is 6.32. The van der Waals surface area contributed by atoms with E-state index in [0.29, 0.717) is 16.3 Å². The molecule has 1 amide bonds. The van der Waals surface area contributed by atoms with Crippen molar-refractivity contribution in [2.24, 2.45) is 0 Å². The van der Waals surface area contributed by atoms with Crippen molar-refractivity contribution in [3.8, 4) is 5.75 Å². The quantitative estimate of drug-likeness (QED) is 0.819. The normalized spacial score (nSPS) is 16.7. The maximum atomic E-state index is 12.3. The lowest BCUT2D eigenvalue weighted by molar-refractivity contribution is 0.0664. The van der Waals surface area contributed by atoms with Crippen LogP contribution in [0.3, 0.4) is 0 Å². The fraction of sp³-hybridized carbons (Fsp3) is 0.462. The molecule has 1 aromatic rings. The Morgan fingerprint density at radius 2 is 1.94 bits per heavy atom. The van der Waals surface area contributed by atoms with Gasteiger partial charge in [-0.15, -0.1) is 0 Å². The fourth-order valence-corrected chi connectivity index (χ4v) is 2.25. The molecular formula is C13H17ClN2O2. The van der Waals surface area contributed by atoms with E-state index in [0.717, 1.165) is 26.2 Å². The Morgan fingerprint density at radius 3 is 2.50 bits per heavy atom. The summed E-state index contributed by atoms with van der Waals surface area (Å²) >= 11 is 6.03. The van der Waals surface area contributed by atoms with E-state index in [1.165, 1.54) is 0 Å². The highest BCUT2D eigenvalue weighted by Crippen LogP contribution is 2.25. The van der Waals surface area contributed by atoms with Crippen LogP contribution in [-0.2, 0) is 0 Å². The molecule has 18 heavy (non-hydrogen) atoms. The number of benzene rings is 1. The molecular weight excluding hydrogens is 252 g/mol. The van der Waals surface area contributed by atoms with Gasteiger partial charge in [-0.25, -0.2) is 0 Å². The van der Waals surface area contributed by atoms with Crippen LogP contribution in [0, 0.1) is 0 Å². The number of piperazine rings is 1. The number of halogens is 1. The van der Waals surface area contributed by atoms with Crippen LogP contribution in [0.5, 0.6) is 5.75 Å². The fourth-order valence-electron chi connectivity index (χ4n) is 1.99. The van der Waals surface area contributed by atoms with Crippen molar-refractivity contribution < 1.29 is 9.53 Å². The number of amides is 1. The summed E-state index contributed by atoms with van der Waals surface area (Å²) < 4.78 is 5.08. The van der Waals surface area contributed by atoms with Crippen LogP contribution in [0.25, 0.3) is 0 Å². The number of ether oxygens (including phenoxy) is 1. The lowest BCUT2D eigenvalue weighted by atomic mass is 10.1. The predicted molar refractivity (Wildman–Crippen MR) is 71.4 cm³/mol. The van der Waals surface area contributed by atoms with Crippen molar-refractivity contribution in [2.45, 2.75) is 0 Å². The van der Waals surface area contributed by atoms with Crippen LogP contribution in [0.4, 0.5) is 0 Å². The number of nitrogens with zero attached hydrogens (tertiary/aromatic N) is 2. The molecule has 1 heterocycles. The molecule has 0 spiro atoms. The van der Waals surface area contributed by atoms with Crippen molar-refractivity contribution in [2.75, 3.05) is 40.3 Å². The second-order valence-electron chi connectivity index (χ2n) is 4.44. The van der Waals surface area contributed by atoms with Gasteiger partial charge in [-0.1, -0.05) is 11.6 Å². The molecule has 1 saturated heterocycles. The van der Waals surface area contributed by atoms with Crippen LogP contribution in [0.15, 0.2) is 18.2 Å². The molecule has 0 bridgehead atoms. The number of methoxy groups -OCH3 is 1. The van der Waals surface area contributed by atoms with E-state index in [-0.39, 0.29) is 5.91 Å². The van der Waals surface area contributed by atoms with Gasteiger partial charge in [-0.05, 0) is 25.2 Å². The van der Waals surface area contributed by atoms with Crippen LogP contribution < -0.4 is 4.74 Å². The van der Waals surface area contributed by atoms with Gasteiger partial charge in [-0.3, -0.25) is 4.79 Å². The lowest BCUT2D eigenvalue weighted by Crippen LogP contribution is -2.47. The number of likely N-dealkylation sites (N-methyl/N-ethyl adjacent to an activating group) is 1. The zero-order valence-electron chi connectivity index (χ0n) is 10.6. The van der Waals surface area contributed by atoms with Crippen molar-refractivity contribution in [1.29, 1.82) is 0 Å². The predicted octanol–water partition coefficient (Wildman–Crippen LogP) is 1.74. The van der Waals surface area contributed by atoms with Gasteiger partial charge in [0.15, 0.2) is 0 Å². The summed E-state index contributed by atoms with van der Waals surface area (Å²) in [5.74, 6) is 0.624. The van der Waals surface area contributed by atoms with Crippen LogP contribution in [0.1, 0.15) is 10.4 Å². The zero-order valence-corrected chi connectivity index (χ0v) is 11.4. The minimum atomic E-state index is 0.0349. The molecule has 2 rings (SSSR count). The third-order valence-corrected chi connectivity index (χ3v) is 3.48. The van der Waals surface area contributed by atoms with Gasteiger partial charge in [0.25, 0.3) is 5.91 Å². The molecule has 0 radical (unpaired) electrons. The summed E-state index contributed by atoms with van der Waals surface area (Å²) in [5.41, 5.74) is 0.616. The molecule has 0 atom stereocenters. The standard InChI is InChI=1S/C13H17ClN2O2/c1-15-5-7-16(8-6-15)13(17)10-3-4-12(18-2)11(14)9-10/h3-4,9H,5-8H2,1-2H3. The second kappa shape index (κ2) is 5.59.